The van der Waals surface area contributed by atoms with Gasteiger partial charge in [-0.25, -0.2) is 0 Å². The Hall–Kier alpha value is -3.89. The van der Waals surface area contributed by atoms with Crippen molar-refractivity contribution in [1.29, 1.82) is 0 Å². The molecule has 0 aliphatic carbocycles. The molecule has 0 radical (unpaired) electrons. The number of rotatable bonds is 9. The van der Waals surface area contributed by atoms with Crippen LogP contribution in [0.15, 0.2) is 47.4 Å². The van der Waals surface area contributed by atoms with Gasteiger partial charge in [-0.1, -0.05) is 17.7 Å². The Kier molecular flexibility index (Phi) is 8.03. The van der Waals surface area contributed by atoms with Crippen LogP contribution >= 0.6 is 22.9 Å². The zero-order chi connectivity index (χ0) is 27.6. The summed E-state index contributed by atoms with van der Waals surface area (Å²) in [5.41, 5.74) is 0.473. The van der Waals surface area contributed by atoms with Crippen molar-refractivity contribution in [3.8, 4) is 28.7 Å². The maximum atomic E-state index is 13.5. The highest BCUT2D eigenvalue weighted by molar-refractivity contribution is 7.09. The number of Topliss-reactive ketones (excluding diaryl/α,β-unsaturated/α-hetero) is 1. The molecule has 1 saturated heterocycles. The van der Waals surface area contributed by atoms with Crippen LogP contribution in [0.5, 0.6) is 28.7 Å². The molecule has 1 aliphatic heterocycles. The molecule has 2 heterocycles. The number of ether oxygens (including phenoxy) is 5. The molecule has 1 amide bonds. The molecule has 1 aliphatic rings. The van der Waals surface area contributed by atoms with E-state index in [2.05, 4.69) is 0 Å². The standard InChI is InChI=1S/C27H26ClNO8S/c1-33-18-12-17(28)19(34-2)11-16(18)24(30)22-23(14-9-20(35-3)26(37-5)21(10-14)36-4)29(27(32)25(22)31)13-15-7-6-8-38-15/h6-12,23,30H,13H2,1-5H3/b24-22+. The number of methoxy groups -OCH3 is 5. The summed E-state index contributed by atoms with van der Waals surface area (Å²) in [6.07, 6.45) is 0. The molecule has 1 aromatic heterocycles. The highest BCUT2D eigenvalue weighted by Crippen LogP contribution is 2.47. The lowest BCUT2D eigenvalue weighted by Gasteiger charge is -2.26. The largest absolute Gasteiger partial charge is 0.507 e. The maximum Gasteiger partial charge on any atom is 0.295 e. The van der Waals surface area contributed by atoms with Gasteiger partial charge in [0.1, 0.15) is 17.3 Å². The van der Waals surface area contributed by atoms with E-state index in [0.29, 0.717) is 22.8 Å². The van der Waals surface area contributed by atoms with E-state index in [1.165, 1.54) is 63.9 Å². The van der Waals surface area contributed by atoms with Crippen molar-refractivity contribution < 1.29 is 38.4 Å². The molecular formula is C27H26ClNO8S. The molecule has 1 unspecified atom stereocenters. The van der Waals surface area contributed by atoms with Crippen molar-refractivity contribution in [2.45, 2.75) is 12.6 Å². The number of carbonyl (C=O) groups is 2. The number of hydrogen-bond donors (Lipinski definition) is 1. The van der Waals surface area contributed by atoms with Crippen LogP contribution in [0.2, 0.25) is 5.02 Å². The summed E-state index contributed by atoms with van der Waals surface area (Å²) in [4.78, 5) is 29.2. The van der Waals surface area contributed by atoms with Gasteiger partial charge in [0, 0.05) is 10.9 Å². The van der Waals surface area contributed by atoms with Crippen LogP contribution in [0, 0.1) is 0 Å². The first-order valence-corrected chi connectivity index (χ1v) is 12.6. The number of aliphatic hydroxyl groups excluding tert-OH is 1. The average molecular weight is 560 g/mol. The first-order chi connectivity index (χ1) is 18.3. The lowest BCUT2D eigenvalue weighted by Crippen LogP contribution is -2.29. The first-order valence-electron chi connectivity index (χ1n) is 11.3. The van der Waals surface area contributed by atoms with E-state index in [1.807, 2.05) is 17.5 Å². The number of carbonyl (C=O) groups excluding carboxylic acids is 2. The Balaban J connectivity index is 2.00. The summed E-state index contributed by atoms with van der Waals surface area (Å²) < 4.78 is 27.2. The normalized spacial score (nSPS) is 16.5. The number of hydrogen-bond acceptors (Lipinski definition) is 9. The summed E-state index contributed by atoms with van der Waals surface area (Å²) in [6.45, 7) is 0.140. The van der Waals surface area contributed by atoms with Gasteiger partial charge in [-0.3, -0.25) is 9.59 Å². The van der Waals surface area contributed by atoms with Gasteiger partial charge in [0.2, 0.25) is 5.75 Å². The van der Waals surface area contributed by atoms with Gasteiger partial charge < -0.3 is 33.7 Å². The second-order valence-electron chi connectivity index (χ2n) is 8.15. The van der Waals surface area contributed by atoms with Crippen LogP contribution in [0.4, 0.5) is 0 Å². The lowest BCUT2D eigenvalue weighted by molar-refractivity contribution is -0.140. The Morgan fingerprint density at radius 1 is 0.921 bits per heavy atom. The van der Waals surface area contributed by atoms with Gasteiger partial charge in [0.25, 0.3) is 11.7 Å². The smallest absolute Gasteiger partial charge is 0.295 e. The molecule has 1 N–H and O–H groups in total. The Morgan fingerprint density at radius 2 is 1.55 bits per heavy atom. The highest BCUT2D eigenvalue weighted by Gasteiger charge is 2.47. The molecule has 2 aromatic carbocycles. The lowest BCUT2D eigenvalue weighted by atomic mass is 9.94. The summed E-state index contributed by atoms with van der Waals surface area (Å²) in [5.74, 6) is -0.607. The molecule has 0 bridgehead atoms. The van der Waals surface area contributed by atoms with Crippen molar-refractivity contribution >= 4 is 40.4 Å². The predicted octanol–water partition coefficient (Wildman–Crippen LogP) is 5.07. The van der Waals surface area contributed by atoms with Crippen molar-refractivity contribution in [2.75, 3.05) is 35.5 Å². The van der Waals surface area contributed by atoms with E-state index in [1.54, 1.807) is 12.1 Å². The van der Waals surface area contributed by atoms with Gasteiger partial charge in [-0.05, 0) is 35.2 Å². The van der Waals surface area contributed by atoms with E-state index in [9.17, 15) is 14.7 Å². The summed E-state index contributed by atoms with van der Waals surface area (Å²) in [5, 5.41) is 13.7. The van der Waals surface area contributed by atoms with E-state index >= 15 is 0 Å². The number of likely N-dealkylation sites (tertiary alicyclic amines) is 1. The van der Waals surface area contributed by atoms with Crippen molar-refractivity contribution in [3.63, 3.8) is 0 Å². The van der Waals surface area contributed by atoms with Crippen LogP contribution in [0.3, 0.4) is 0 Å². The molecular weight excluding hydrogens is 534 g/mol. The first kappa shape index (κ1) is 27.2. The van der Waals surface area contributed by atoms with Crippen molar-refractivity contribution in [1.82, 2.24) is 4.90 Å². The van der Waals surface area contributed by atoms with Gasteiger partial charge in [-0.2, -0.15) is 0 Å². The van der Waals surface area contributed by atoms with Gasteiger partial charge in [-0.15, -0.1) is 11.3 Å². The Morgan fingerprint density at radius 3 is 2.08 bits per heavy atom. The minimum absolute atomic E-state index is 0.136. The van der Waals surface area contributed by atoms with Crippen molar-refractivity contribution in [3.05, 3.63) is 68.4 Å². The zero-order valence-corrected chi connectivity index (χ0v) is 22.9. The predicted molar refractivity (Wildman–Crippen MR) is 143 cm³/mol. The molecule has 0 spiro atoms. The van der Waals surface area contributed by atoms with E-state index in [4.69, 9.17) is 35.3 Å². The van der Waals surface area contributed by atoms with Crippen LogP contribution < -0.4 is 23.7 Å². The summed E-state index contributed by atoms with van der Waals surface area (Å²) in [7, 11) is 7.24. The number of amides is 1. The topological polar surface area (TPSA) is 104 Å². The van der Waals surface area contributed by atoms with E-state index < -0.39 is 23.5 Å². The molecule has 9 nitrogen and oxygen atoms in total. The van der Waals surface area contributed by atoms with Crippen LogP contribution in [-0.4, -0.2) is 57.2 Å². The van der Waals surface area contributed by atoms with Gasteiger partial charge in [0.15, 0.2) is 11.5 Å². The third-order valence-electron chi connectivity index (χ3n) is 6.18. The molecule has 11 heteroatoms. The quantitative estimate of drug-likeness (QED) is 0.220. The van der Waals surface area contributed by atoms with Crippen LogP contribution in [0.1, 0.15) is 22.0 Å². The third kappa shape index (κ3) is 4.72. The fourth-order valence-corrected chi connectivity index (χ4v) is 5.34. The molecule has 1 fully saturated rings. The fraction of sp³-hybridized carbons (Fsp3) is 0.259. The fourth-order valence-electron chi connectivity index (χ4n) is 4.41. The van der Waals surface area contributed by atoms with E-state index in [0.717, 1.165) is 4.88 Å². The highest BCUT2D eigenvalue weighted by atomic mass is 35.5. The number of benzene rings is 2. The molecule has 4 rings (SSSR count). The summed E-state index contributed by atoms with van der Waals surface area (Å²) >= 11 is 7.69. The molecule has 200 valence electrons. The summed E-state index contributed by atoms with van der Waals surface area (Å²) in [6, 6.07) is 8.94. The van der Waals surface area contributed by atoms with Crippen LogP contribution in [-0.2, 0) is 16.1 Å². The SMILES string of the molecule is COc1cc(/C(O)=C2\C(=O)C(=O)N(Cc3cccs3)C2c2cc(OC)c(OC)c(OC)c2)c(OC)cc1Cl. The monoisotopic (exact) mass is 559 g/mol. The Labute approximate surface area is 228 Å². The number of halogens is 1. The number of nitrogens with zero attached hydrogens (tertiary/aromatic N) is 1. The number of thiophene rings is 1. The molecule has 3 aromatic rings. The molecule has 0 saturated carbocycles. The van der Waals surface area contributed by atoms with E-state index in [-0.39, 0.29) is 34.2 Å². The van der Waals surface area contributed by atoms with Gasteiger partial charge >= 0.3 is 0 Å². The molecule has 1 atom stereocenters. The second-order valence-corrected chi connectivity index (χ2v) is 9.59. The Bertz CT molecular complexity index is 1380. The van der Waals surface area contributed by atoms with Crippen molar-refractivity contribution in [2.24, 2.45) is 0 Å². The third-order valence-corrected chi connectivity index (χ3v) is 7.33. The number of ketones is 1. The van der Waals surface area contributed by atoms with Gasteiger partial charge in [0.05, 0.1) is 64.3 Å². The minimum atomic E-state index is -0.989. The maximum absolute atomic E-state index is 13.5. The number of aliphatic hydroxyl groups is 1. The molecule has 38 heavy (non-hydrogen) atoms. The minimum Gasteiger partial charge on any atom is -0.507 e. The average Bonchev–Trinajstić information content (AvgIpc) is 3.53. The second kappa shape index (κ2) is 11.2. The van der Waals surface area contributed by atoms with Crippen LogP contribution in [0.25, 0.3) is 5.76 Å². The zero-order valence-electron chi connectivity index (χ0n) is 21.4.